The second kappa shape index (κ2) is 9.25. The van der Waals surface area contributed by atoms with E-state index >= 15 is 0 Å². The van der Waals surface area contributed by atoms with Crippen LogP contribution in [0.4, 0.5) is 5.69 Å². The lowest BCUT2D eigenvalue weighted by Crippen LogP contribution is -2.32. The Labute approximate surface area is 192 Å². The van der Waals surface area contributed by atoms with Crippen LogP contribution in [0.1, 0.15) is 21.6 Å². The van der Waals surface area contributed by atoms with Gasteiger partial charge in [-0.3, -0.25) is 4.79 Å². The zero-order valence-electron chi connectivity index (χ0n) is 17.7. The number of aryl methyl sites for hydroxylation is 2. The quantitative estimate of drug-likeness (QED) is 0.276. The average molecular weight is 437 g/mol. The Morgan fingerprint density at radius 1 is 0.781 bits per heavy atom. The molecule has 0 radical (unpaired) electrons. The summed E-state index contributed by atoms with van der Waals surface area (Å²) >= 11 is 1.68. The molecule has 3 aromatic carbocycles. The summed E-state index contributed by atoms with van der Waals surface area (Å²) in [6.07, 6.45) is 0.880. The lowest BCUT2D eigenvalue weighted by Gasteiger charge is -2.24. The highest BCUT2D eigenvalue weighted by Gasteiger charge is 2.23. The second-order valence-electron chi connectivity index (χ2n) is 7.80. The molecule has 0 fully saturated rings. The largest absolute Gasteiger partial charge is 0.335 e. The number of amides is 1. The molecule has 0 saturated carbocycles. The number of carbonyl (C=O) groups excluding carboxylic acids is 1. The Hall–Kier alpha value is -3.63. The number of benzene rings is 3. The Kier molecular flexibility index (Phi) is 5.86. The lowest BCUT2D eigenvalue weighted by molar-refractivity contribution is 0.0976. The number of thiophene rings is 1. The van der Waals surface area contributed by atoms with Crippen LogP contribution in [-0.4, -0.2) is 10.5 Å². The van der Waals surface area contributed by atoms with E-state index in [1.807, 2.05) is 65.6 Å². The molecule has 0 spiro atoms. The van der Waals surface area contributed by atoms with E-state index in [-0.39, 0.29) is 5.91 Å². The van der Waals surface area contributed by atoms with E-state index < -0.39 is 0 Å². The molecule has 0 N–H and O–H groups in total. The van der Waals surface area contributed by atoms with Gasteiger partial charge in [0.2, 0.25) is 0 Å². The van der Waals surface area contributed by atoms with Gasteiger partial charge in [0.1, 0.15) is 5.69 Å². The van der Waals surface area contributed by atoms with Crippen LogP contribution >= 0.6 is 11.3 Å². The molecule has 4 heteroatoms. The van der Waals surface area contributed by atoms with Gasteiger partial charge in [0.25, 0.3) is 5.91 Å². The standard InChI is InChI=1S/C28H24N2OS/c31-28(30(24-14-8-3-9-15-24)21-23-12-6-2-7-13-23)26-20-27-25(17-19-32-27)29(26)18-16-22-10-4-1-5-11-22/h1-15,17,19-20H,16,18,21H2. The van der Waals surface area contributed by atoms with Crippen LogP contribution in [0.25, 0.3) is 10.2 Å². The van der Waals surface area contributed by atoms with Crippen molar-refractivity contribution in [1.82, 2.24) is 4.57 Å². The van der Waals surface area contributed by atoms with Crippen LogP contribution in [-0.2, 0) is 19.5 Å². The van der Waals surface area contributed by atoms with E-state index in [2.05, 4.69) is 52.4 Å². The number of anilines is 1. The number of carbonyl (C=O) groups is 1. The Balaban J connectivity index is 1.52. The number of hydrogen-bond donors (Lipinski definition) is 0. The maximum atomic E-state index is 14.0. The molecule has 158 valence electrons. The van der Waals surface area contributed by atoms with E-state index in [0.717, 1.165) is 40.1 Å². The number of rotatable bonds is 7. The minimum absolute atomic E-state index is 0.0246. The van der Waals surface area contributed by atoms with Crippen LogP contribution in [0.15, 0.2) is 109 Å². The molecule has 2 heterocycles. The Bertz CT molecular complexity index is 1310. The van der Waals surface area contributed by atoms with Crippen molar-refractivity contribution in [3.05, 3.63) is 125 Å². The fourth-order valence-electron chi connectivity index (χ4n) is 4.07. The van der Waals surface area contributed by atoms with Gasteiger partial charge in [-0.15, -0.1) is 11.3 Å². The molecule has 0 aliphatic heterocycles. The molecule has 0 saturated heterocycles. The van der Waals surface area contributed by atoms with Gasteiger partial charge >= 0.3 is 0 Å². The topological polar surface area (TPSA) is 25.2 Å². The highest BCUT2D eigenvalue weighted by molar-refractivity contribution is 7.17. The molecule has 0 bridgehead atoms. The normalized spacial score (nSPS) is 11.0. The first-order valence-electron chi connectivity index (χ1n) is 10.8. The Morgan fingerprint density at radius 3 is 2.09 bits per heavy atom. The third-order valence-electron chi connectivity index (χ3n) is 5.71. The predicted molar refractivity (Wildman–Crippen MR) is 133 cm³/mol. The fraction of sp³-hybridized carbons (Fsp3) is 0.107. The van der Waals surface area contributed by atoms with E-state index in [1.165, 1.54) is 5.56 Å². The van der Waals surface area contributed by atoms with Gasteiger partial charge in [-0.1, -0.05) is 78.9 Å². The van der Waals surface area contributed by atoms with Gasteiger partial charge in [0, 0.05) is 12.2 Å². The molecule has 3 nitrogen and oxygen atoms in total. The summed E-state index contributed by atoms with van der Waals surface area (Å²) in [4.78, 5) is 15.8. The zero-order valence-corrected chi connectivity index (χ0v) is 18.5. The SMILES string of the molecule is O=C(c1cc2sccc2n1CCc1ccccc1)N(Cc1ccccc1)c1ccccc1. The molecule has 0 atom stereocenters. The van der Waals surface area contributed by atoms with Gasteiger partial charge in [-0.05, 0) is 47.2 Å². The summed E-state index contributed by atoms with van der Waals surface area (Å²) < 4.78 is 3.33. The molecule has 5 aromatic rings. The summed E-state index contributed by atoms with van der Waals surface area (Å²) in [6, 6.07) is 34.7. The maximum absolute atomic E-state index is 14.0. The fourth-order valence-corrected chi connectivity index (χ4v) is 4.90. The van der Waals surface area contributed by atoms with Crippen LogP contribution in [0.3, 0.4) is 0 Å². The molecule has 0 aliphatic carbocycles. The molecule has 0 aliphatic rings. The van der Waals surface area contributed by atoms with Gasteiger partial charge in [0.15, 0.2) is 0 Å². The van der Waals surface area contributed by atoms with E-state index in [0.29, 0.717) is 6.54 Å². The highest BCUT2D eigenvalue weighted by Crippen LogP contribution is 2.28. The van der Waals surface area contributed by atoms with Gasteiger partial charge in [0.05, 0.1) is 16.8 Å². The molecule has 2 aromatic heterocycles. The van der Waals surface area contributed by atoms with E-state index in [1.54, 1.807) is 11.3 Å². The number of hydrogen-bond acceptors (Lipinski definition) is 2. The van der Waals surface area contributed by atoms with Crippen molar-refractivity contribution in [1.29, 1.82) is 0 Å². The zero-order chi connectivity index (χ0) is 21.8. The predicted octanol–water partition coefficient (Wildman–Crippen LogP) is 6.79. The van der Waals surface area contributed by atoms with E-state index in [4.69, 9.17) is 0 Å². The number of para-hydroxylation sites is 1. The average Bonchev–Trinajstić information content (AvgIpc) is 3.44. The number of aromatic nitrogens is 1. The summed E-state index contributed by atoms with van der Waals surface area (Å²) in [5.41, 5.74) is 5.14. The molecule has 5 rings (SSSR count). The van der Waals surface area contributed by atoms with Gasteiger partial charge in [-0.25, -0.2) is 0 Å². The summed E-state index contributed by atoms with van der Waals surface area (Å²) in [5.74, 6) is 0.0246. The first-order chi connectivity index (χ1) is 15.8. The second-order valence-corrected chi connectivity index (χ2v) is 8.75. The van der Waals surface area contributed by atoms with Crippen molar-refractivity contribution in [2.75, 3.05) is 4.90 Å². The highest BCUT2D eigenvalue weighted by atomic mass is 32.1. The van der Waals surface area contributed by atoms with Crippen molar-refractivity contribution < 1.29 is 4.79 Å². The van der Waals surface area contributed by atoms with E-state index in [9.17, 15) is 4.79 Å². The van der Waals surface area contributed by atoms with Crippen molar-refractivity contribution in [2.24, 2.45) is 0 Å². The monoisotopic (exact) mass is 436 g/mol. The third kappa shape index (κ3) is 4.23. The minimum Gasteiger partial charge on any atom is -0.335 e. The molecule has 32 heavy (non-hydrogen) atoms. The van der Waals surface area contributed by atoms with Crippen LogP contribution in [0, 0.1) is 0 Å². The summed E-state index contributed by atoms with van der Waals surface area (Å²) in [6.45, 7) is 1.29. The van der Waals surface area contributed by atoms with Crippen molar-refractivity contribution in [2.45, 2.75) is 19.5 Å². The minimum atomic E-state index is 0.0246. The van der Waals surface area contributed by atoms with Crippen molar-refractivity contribution >= 4 is 33.1 Å². The third-order valence-corrected chi connectivity index (χ3v) is 6.56. The van der Waals surface area contributed by atoms with Crippen LogP contribution in [0.2, 0.25) is 0 Å². The van der Waals surface area contributed by atoms with Crippen LogP contribution < -0.4 is 4.90 Å². The van der Waals surface area contributed by atoms with Gasteiger partial charge in [-0.2, -0.15) is 0 Å². The maximum Gasteiger partial charge on any atom is 0.275 e. The first-order valence-corrected chi connectivity index (χ1v) is 11.7. The van der Waals surface area contributed by atoms with Crippen molar-refractivity contribution in [3.63, 3.8) is 0 Å². The summed E-state index contributed by atoms with van der Waals surface area (Å²) in [5, 5.41) is 2.09. The van der Waals surface area contributed by atoms with Crippen molar-refractivity contribution in [3.8, 4) is 0 Å². The van der Waals surface area contributed by atoms with Crippen LogP contribution in [0.5, 0.6) is 0 Å². The lowest BCUT2D eigenvalue weighted by atomic mass is 10.1. The molecule has 0 unspecified atom stereocenters. The molecular weight excluding hydrogens is 412 g/mol. The Morgan fingerprint density at radius 2 is 1.41 bits per heavy atom. The smallest absolute Gasteiger partial charge is 0.275 e. The molecule has 1 amide bonds. The number of fused-ring (bicyclic) bond motifs is 1. The number of nitrogens with zero attached hydrogens (tertiary/aromatic N) is 2. The van der Waals surface area contributed by atoms with Gasteiger partial charge < -0.3 is 9.47 Å². The first kappa shape index (κ1) is 20.3. The molecular formula is C28H24N2OS. The summed E-state index contributed by atoms with van der Waals surface area (Å²) in [7, 11) is 0.